The third kappa shape index (κ3) is 13.3. The molecule has 1 aromatic carbocycles. The first-order valence-corrected chi connectivity index (χ1v) is 14.8. The predicted molar refractivity (Wildman–Crippen MR) is 147 cm³/mol. The minimum Gasteiger partial charge on any atom is -0.114 e. The molecule has 1 heteroatoms. The summed E-state index contributed by atoms with van der Waals surface area (Å²) in [6.07, 6.45) is 27.8. The van der Waals surface area contributed by atoms with Gasteiger partial charge in [0.05, 0.1) is 4.87 Å². The van der Waals surface area contributed by atoms with Gasteiger partial charge in [-0.1, -0.05) is 154 Å². The zero-order valence-corrected chi connectivity index (χ0v) is 22.8. The molecule has 0 aliphatic rings. The molecule has 0 aliphatic carbocycles. The fourth-order valence-corrected chi connectivity index (χ4v) is 5.49. The summed E-state index contributed by atoms with van der Waals surface area (Å²) in [7, 11) is 0. The summed E-state index contributed by atoms with van der Waals surface area (Å²) in [6.45, 7) is 6.89. The average Bonchev–Trinajstić information content (AvgIpc) is 2.81. The Morgan fingerprint density at radius 2 is 0.938 bits per heavy atom. The summed E-state index contributed by atoms with van der Waals surface area (Å²) in [6, 6.07) is 9.16. The standard InChI is InChI=1S/C31H55Cl/c1-4-7-10-13-16-19-24-29-25-20-21-26-30(29)31(32,27-22-17-14-11-8-5-2)28-23-18-15-12-9-6-3/h20-21,25-26H,4-19,22-24,27-28H2,1-3H3. The number of aryl methyl sites for hydroxylation is 1. The van der Waals surface area contributed by atoms with E-state index in [1.54, 1.807) is 0 Å². The normalized spacial score (nSPS) is 11.9. The van der Waals surface area contributed by atoms with Crippen LogP contribution in [-0.2, 0) is 11.3 Å². The molecule has 0 spiro atoms. The smallest absolute Gasteiger partial charge is 0.0697 e. The van der Waals surface area contributed by atoms with E-state index < -0.39 is 0 Å². The van der Waals surface area contributed by atoms with Gasteiger partial charge in [-0.2, -0.15) is 0 Å². The Hall–Kier alpha value is -0.490. The number of hydrogen-bond donors (Lipinski definition) is 0. The molecular formula is C31H55Cl. The summed E-state index contributed by atoms with van der Waals surface area (Å²) < 4.78 is 0. The van der Waals surface area contributed by atoms with Crippen LogP contribution in [0.4, 0.5) is 0 Å². The molecule has 0 heterocycles. The second-order valence-electron chi connectivity index (χ2n) is 10.2. The van der Waals surface area contributed by atoms with Crippen LogP contribution in [0.1, 0.15) is 160 Å². The van der Waals surface area contributed by atoms with Crippen LogP contribution in [0.25, 0.3) is 0 Å². The molecule has 0 fully saturated rings. The van der Waals surface area contributed by atoms with Gasteiger partial charge in [-0.05, 0) is 36.8 Å². The molecule has 0 atom stereocenters. The molecule has 0 bridgehead atoms. The van der Waals surface area contributed by atoms with Crippen molar-refractivity contribution in [2.24, 2.45) is 0 Å². The predicted octanol–water partition coefficient (Wildman–Crippen LogP) is 11.5. The molecule has 0 aliphatic heterocycles. The van der Waals surface area contributed by atoms with Crippen LogP contribution in [0.3, 0.4) is 0 Å². The number of alkyl halides is 1. The van der Waals surface area contributed by atoms with Gasteiger partial charge in [0.2, 0.25) is 0 Å². The molecule has 1 aromatic rings. The van der Waals surface area contributed by atoms with Gasteiger partial charge in [0.1, 0.15) is 0 Å². The highest BCUT2D eigenvalue weighted by Crippen LogP contribution is 2.42. The van der Waals surface area contributed by atoms with Gasteiger partial charge >= 0.3 is 0 Å². The minimum absolute atomic E-state index is 0.158. The van der Waals surface area contributed by atoms with Crippen LogP contribution in [-0.4, -0.2) is 0 Å². The molecule has 1 rings (SSSR count). The third-order valence-electron chi connectivity index (χ3n) is 7.15. The maximum atomic E-state index is 7.53. The van der Waals surface area contributed by atoms with E-state index in [9.17, 15) is 0 Å². The summed E-state index contributed by atoms with van der Waals surface area (Å²) in [5.74, 6) is 0. The maximum absolute atomic E-state index is 7.53. The fourth-order valence-electron chi connectivity index (χ4n) is 5.04. The first-order valence-electron chi connectivity index (χ1n) is 14.4. The number of halogens is 1. The van der Waals surface area contributed by atoms with E-state index >= 15 is 0 Å². The van der Waals surface area contributed by atoms with Crippen LogP contribution < -0.4 is 0 Å². The van der Waals surface area contributed by atoms with Crippen LogP contribution in [0.15, 0.2) is 24.3 Å². The van der Waals surface area contributed by atoms with Gasteiger partial charge in [0.15, 0.2) is 0 Å². The van der Waals surface area contributed by atoms with Gasteiger partial charge < -0.3 is 0 Å². The lowest BCUT2D eigenvalue weighted by Gasteiger charge is -2.30. The van der Waals surface area contributed by atoms with Crippen molar-refractivity contribution in [3.8, 4) is 0 Å². The lowest BCUT2D eigenvalue weighted by Crippen LogP contribution is -2.21. The van der Waals surface area contributed by atoms with Crippen molar-refractivity contribution >= 4 is 11.6 Å². The van der Waals surface area contributed by atoms with Crippen LogP contribution in [0, 0.1) is 0 Å². The Morgan fingerprint density at radius 1 is 0.531 bits per heavy atom. The van der Waals surface area contributed by atoms with Gasteiger partial charge in [-0.15, -0.1) is 11.6 Å². The van der Waals surface area contributed by atoms with Crippen LogP contribution in [0.5, 0.6) is 0 Å². The van der Waals surface area contributed by atoms with Gasteiger partial charge in [0, 0.05) is 0 Å². The van der Waals surface area contributed by atoms with E-state index in [1.165, 1.54) is 133 Å². The van der Waals surface area contributed by atoms with E-state index in [2.05, 4.69) is 45.0 Å². The molecule has 0 nitrogen and oxygen atoms in total. The first kappa shape index (κ1) is 29.5. The maximum Gasteiger partial charge on any atom is 0.0697 e. The first-order chi connectivity index (χ1) is 15.7. The topological polar surface area (TPSA) is 0 Å². The number of rotatable bonds is 22. The highest BCUT2D eigenvalue weighted by molar-refractivity contribution is 6.24. The van der Waals surface area contributed by atoms with Crippen molar-refractivity contribution in [2.45, 2.75) is 160 Å². The lowest BCUT2D eigenvalue weighted by molar-refractivity contribution is 0.442. The van der Waals surface area contributed by atoms with Crippen molar-refractivity contribution in [1.29, 1.82) is 0 Å². The zero-order valence-electron chi connectivity index (χ0n) is 22.0. The molecule has 0 radical (unpaired) electrons. The second-order valence-corrected chi connectivity index (χ2v) is 10.9. The van der Waals surface area contributed by atoms with Crippen LogP contribution in [0.2, 0.25) is 0 Å². The molecule has 186 valence electrons. The molecule has 0 N–H and O–H groups in total. The number of unbranched alkanes of at least 4 members (excludes halogenated alkanes) is 15. The third-order valence-corrected chi connectivity index (χ3v) is 7.73. The van der Waals surface area contributed by atoms with Crippen molar-refractivity contribution in [1.82, 2.24) is 0 Å². The summed E-state index contributed by atoms with van der Waals surface area (Å²) in [4.78, 5) is -0.158. The van der Waals surface area contributed by atoms with E-state index in [0.717, 1.165) is 12.8 Å². The van der Waals surface area contributed by atoms with E-state index in [4.69, 9.17) is 11.6 Å². The van der Waals surface area contributed by atoms with Crippen molar-refractivity contribution in [3.05, 3.63) is 35.4 Å². The highest BCUT2D eigenvalue weighted by atomic mass is 35.5. The Kier molecular flexibility index (Phi) is 18.4. The monoisotopic (exact) mass is 462 g/mol. The molecule has 0 saturated heterocycles. The second kappa shape index (κ2) is 19.9. The van der Waals surface area contributed by atoms with Crippen LogP contribution >= 0.6 is 11.6 Å². The van der Waals surface area contributed by atoms with Crippen molar-refractivity contribution < 1.29 is 0 Å². The fraction of sp³-hybridized carbons (Fsp3) is 0.806. The summed E-state index contributed by atoms with van der Waals surface area (Å²) in [5, 5.41) is 0. The minimum atomic E-state index is -0.158. The molecule has 0 aromatic heterocycles. The van der Waals surface area contributed by atoms with E-state index in [-0.39, 0.29) is 4.87 Å². The summed E-state index contributed by atoms with van der Waals surface area (Å²) in [5.41, 5.74) is 2.98. The molecule has 0 amide bonds. The Balaban J connectivity index is 2.69. The summed E-state index contributed by atoms with van der Waals surface area (Å²) >= 11 is 7.53. The molecular weight excluding hydrogens is 408 g/mol. The Labute approximate surface area is 207 Å². The SMILES string of the molecule is CCCCCCCCc1ccccc1C(Cl)(CCCCCCCC)CCCCCCCC. The van der Waals surface area contributed by atoms with E-state index in [0.29, 0.717) is 0 Å². The van der Waals surface area contributed by atoms with Gasteiger partial charge in [-0.25, -0.2) is 0 Å². The quantitative estimate of drug-likeness (QED) is 0.119. The number of benzene rings is 1. The zero-order chi connectivity index (χ0) is 23.3. The van der Waals surface area contributed by atoms with Crippen molar-refractivity contribution in [2.75, 3.05) is 0 Å². The Bertz CT molecular complexity index is 519. The Morgan fingerprint density at radius 3 is 1.44 bits per heavy atom. The molecule has 0 saturated carbocycles. The largest absolute Gasteiger partial charge is 0.114 e. The number of hydrogen-bond acceptors (Lipinski definition) is 0. The highest BCUT2D eigenvalue weighted by Gasteiger charge is 2.30. The van der Waals surface area contributed by atoms with Gasteiger partial charge in [-0.3, -0.25) is 0 Å². The molecule has 32 heavy (non-hydrogen) atoms. The van der Waals surface area contributed by atoms with Gasteiger partial charge in [0.25, 0.3) is 0 Å². The van der Waals surface area contributed by atoms with E-state index in [1.807, 2.05) is 0 Å². The molecule has 0 unspecified atom stereocenters. The van der Waals surface area contributed by atoms with Crippen molar-refractivity contribution in [3.63, 3.8) is 0 Å². The average molecular weight is 463 g/mol. The lowest BCUT2D eigenvalue weighted by atomic mass is 9.83.